The van der Waals surface area contributed by atoms with Crippen LogP contribution in [0, 0.1) is 0 Å². The average Bonchev–Trinajstić information content (AvgIpc) is 2.23. The molecule has 17 heavy (non-hydrogen) atoms. The lowest BCUT2D eigenvalue weighted by atomic mass is 10.1. The monoisotopic (exact) mass is 258 g/mol. The summed E-state index contributed by atoms with van der Waals surface area (Å²) in [5.74, 6) is 0.722. The molecule has 0 amide bonds. The van der Waals surface area contributed by atoms with Gasteiger partial charge in [-0.25, -0.2) is 8.42 Å². The molecule has 0 fully saturated rings. The van der Waals surface area contributed by atoms with Crippen LogP contribution in [0.15, 0.2) is 24.3 Å². The van der Waals surface area contributed by atoms with Crippen molar-refractivity contribution in [2.75, 3.05) is 18.6 Å². The van der Waals surface area contributed by atoms with Crippen LogP contribution in [0.4, 0.5) is 0 Å². The Morgan fingerprint density at radius 2 is 2.00 bits per heavy atom. The molecule has 1 aromatic rings. The van der Waals surface area contributed by atoms with E-state index in [4.69, 9.17) is 4.74 Å². The summed E-state index contributed by atoms with van der Waals surface area (Å²) in [7, 11) is -2.93. The fraction of sp³-hybridized carbons (Fsp3) is 0.500. The van der Waals surface area contributed by atoms with Crippen LogP contribution >= 0.6 is 0 Å². The second-order valence-electron chi connectivity index (χ2n) is 4.05. The van der Waals surface area contributed by atoms with Crippen LogP contribution in [0.1, 0.15) is 25.0 Å². The van der Waals surface area contributed by atoms with E-state index in [1.807, 2.05) is 12.1 Å². The van der Waals surface area contributed by atoms with Gasteiger partial charge in [0.2, 0.25) is 0 Å². The van der Waals surface area contributed by atoms with E-state index in [0.29, 0.717) is 24.3 Å². The molecule has 0 bridgehead atoms. The van der Waals surface area contributed by atoms with Crippen LogP contribution in [-0.2, 0) is 9.84 Å². The minimum Gasteiger partial charge on any atom is -0.493 e. The molecule has 5 heteroatoms. The molecule has 0 spiro atoms. The van der Waals surface area contributed by atoms with Gasteiger partial charge in [-0.2, -0.15) is 0 Å². The van der Waals surface area contributed by atoms with E-state index < -0.39 is 15.9 Å². The smallest absolute Gasteiger partial charge is 0.147 e. The number of hydrogen-bond acceptors (Lipinski definition) is 4. The van der Waals surface area contributed by atoms with Gasteiger partial charge in [0.05, 0.1) is 18.5 Å². The van der Waals surface area contributed by atoms with Gasteiger partial charge in [0, 0.05) is 11.8 Å². The molecular weight excluding hydrogens is 240 g/mol. The Morgan fingerprint density at radius 3 is 2.59 bits per heavy atom. The second-order valence-corrected chi connectivity index (χ2v) is 6.31. The van der Waals surface area contributed by atoms with E-state index in [1.54, 1.807) is 19.1 Å². The van der Waals surface area contributed by atoms with Gasteiger partial charge >= 0.3 is 0 Å². The quantitative estimate of drug-likeness (QED) is 0.786. The minimum absolute atomic E-state index is 0.115. The Bertz CT molecular complexity index is 451. The molecule has 0 radical (unpaired) electrons. The van der Waals surface area contributed by atoms with Gasteiger partial charge in [-0.3, -0.25) is 0 Å². The second kappa shape index (κ2) is 6.02. The molecule has 1 unspecified atom stereocenters. The van der Waals surface area contributed by atoms with Crippen LogP contribution in [-0.4, -0.2) is 32.1 Å². The maximum Gasteiger partial charge on any atom is 0.147 e. The fourth-order valence-electron chi connectivity index (χ4n) is 1.46. The lowest BCUT2D eigenvalue weighted by Crippen LogP contribution is -2.09. The van der Waals surface area contributed by atoms with Crippen molar-refractivity contribution in [2.24, 2.45) is 0 Å². The Morgan fingerprint density at radius 1 is 1.35 bits per heavy atom. The third kappa shape index (κ3) is 5.19. The number of ether oxygens (including phenoxy) is 1. The van der Waals surface area contributed by atoms with Gasteiger partial charge in [-0.05, 0) is 19.4 Å². The Kier molecular flexibility index (Phi) is 4.96. The standard InChI is InChI=1S/C12H18O4S/c1-10(13)11-6-3-4-7-12(11)16-8-5-9-17(2,14)15/h3-4,6-7,10,13H,5,8-9H2,1-2H3. The van der Waals surface area contributed by atoms with Crippen molar-refractivity contribution in [3.05, 3.63) is 29.8 Å². The molecular formula is C12H18O4S. The molecule has 0 heterocycles. The predicted molar refractivity (Wildman–Crippen MR) is 66.9 cm³/mol. The lowest BCUT2D eigenvalue weighted by Gasteiger charge is -2.12. The van der Waals surface area contributed by atoms with E-state index in [2.05, 4.69) is 0 Å². The summed E-state index contributed by atoms with van der Waals surface area (Å²) in [5.41, 5.74) is 0.715. The molecule has 1 atom stereocenters. The number of para-hydroxylation sites is 1. The number of sulfone groups is 1. The maximum absolute atomic E-state index is 10.9. The van der Waals surface area contributed by atoms with E-state index in [-0.39, 0.29) is 5.75 Å². The molecule has 96 valence electrons. The zero-order valence-corrected chi connectivity index (χ0v) is 10.9. The van der Waals surface area contributed by atoms with Crippen molar-refractivity contribution in [1.29, 1.82) is 0 Å². The summed E-state index contributed by atoms with van der Waals surface area (Å²) in [6.07, 6.45) is 1.06. The summed E-state index contributed by atoms with van der Waals surface area (Å²) in [6, 6.07) is 7.20. The molecule has 0 aliphatic rings. The van der Waals surface area contributed by atoms with Crippen molar-refractivity contribution >= 4 is 9.84 Å². The molecule has 4 nitrogen and oxygen atoms in total. The van der Waals surface area contributed by atoms with Crippen LogP contribution in [0.2, 0.25) is 0 Å². The highest BCUT2D eigenvalue weighted by atomic mass is 32.2. The van der Waals surface area contributed by atoms with Crippen LogP contribution < -0.4 is 4.74 Å². The van der Waals surface area contributed by atoms with Crippen molar-refractivity contribution < 1.29 is 18.3 Å². The third-order valence-corrected chi connectivity index (χ3v) is 3.32. The summed E-state index contributed by atoms with van der Waals surface area (Å²) < 4.78 is 27.3. The van der Waals surface area contributed by atoms with Crippen molar-refractivity contribution in [3.63, 3.8) is 0 Å². The van der Waals surface area contributed by atoms with Gasteiger partial charge < -0.3 is 9.84 Å². The highest BCUT2D eigenvalue weighted by Crippen LogP contribution is 2.24. The number of benzene rings is 1. The van der Waals surface area contributed by atoms with E-state index >= 15 is 0 Å². The molecule has 0 saturated carbocycles. The lowest BCUT2D eigenvalue weighted by molar-refractivity contribution is 0.191. The molecule has 0 saturated heterocycles. The highest BCUT2D eigenvalue weighted by Gasteiger charge is 2.08. The first-order valence-corrected chi connectivity index (χ1v) is 7.54. The normalized spacial score (nSPS) is 13.4. The highest BCUT2D eigenvalue weighted by molar-refractivity contribution is 7.90. The largest absolute Gasteiger partial charge is 0.493 e. The van der Waals surface area contributed by atoms with Crippen molar-refractivity contribution in [3.8, 4) is 5.75 Å². The Hall–Kier alpha value is -1.07. The maximum atomic E-state index is 10.9. The topological polar surface area (TPSA) is 63.6 Å². The van der Waals surface area contributed by atoms with Crippen molar-refractivity contribution in [2.45, 2.75) is 19.4 Å². The van der Waals surface area contributed by atoms with E-state index in [0.717, 1.165) is 0 Å². The van der Waals surface area contributed by atoms with Gasteiger partial charge in [0.1, 0.15) is 15.6 Å². The van der Waals surface area contributed by atoms with Gasteiger partial charge in [0.15, 0.2) is 0 Å². The average molecular weight is 258 g/mol. The SMILES string of the molecule is CC(O)c1ccccc1OCCCS(C)(=O)=O. The van der Waals surface area contributed by atoms with E-state index in [9.17, 15) is 13.5 Å². The number of rotatable bonds is 6. The first kappa shape index (κ1) is 14.0. The van der Waals surface area contributed by atoms with Crippen LogP contribution in [0.5, 0.6) is 5.75 Å². The number of aliphatic hydroxyl groups excluding tert-OH is 1. The van der Waals surface area contributed by atoms with Gasteiger partial charge in [-0.1, -0.05) is 18.2 Å². The molecule has 1 aromatic carbocycles. The van der Waals surface area contributed by atoms with E-state index in [1.165, 1.54) is 6.26 Å². The summed E-state index contributed by atoms with van der Waals surface area (Å²) in [4.78, 5) is 0. The zero-order chi connectivity index (χ0) is 12.9. The van der Waals surface area contributed by atoms with Crippen molar-refractivity contribution in [1.82, 2.24) is 0 Å². The first-order chi connectivity index (χ1) is 7.90. The Balaban J connectivity index is 2.52. The summed E-state index contributed by atoms with van der Waals surface area (Å²) in [6.45, 7) is 2.00. The fourth-order valence-corrected chi connectivity index (χ4v) is 2.10. The van der Waals surface area contributed by atoms with Gasteiger partial charge in [0.25, 0.3) is 0 Å². The van der Waals surface area contributed by atoms with Gasteiger partial charge in [-0.15, -0.1) is 0 Å². The molecule has 1 N–H and O–H groups in total. The third-order valence-electron chi connectivity index (χ3n) is 2.29. The molecule has 0 aliphatic heterocycles. The summed E-state index contributed by atoms with van der Waals surface area (Å²) >= 11 is 0. The van der Waals surface area contributed by atoms with Crippen LogP contribution in [0.25, 0.3) is 0 Å². The number of aliphatic hydroxyl groups is 1. The summed E-state index contributed by atoms with van der Waals surface area (Å²) in [5, 5.41) is 9.51. The molecule has 0 aliphatic carbocycles. The van der Waals surface area contributed by atoms with Crippen LogP contribution in [0.3, 0.4) is 0 Å². The predicted octanol–water partition coefficient (Wildman–Crippen LogP) is 1.55. The molecule has 1 rings (SSSR count). The first-order valence-electron chi connectivity index (χ1n) is 5.47. The zero-order valence-electron chi connectivity index (χ0n) is 10.1. The Labute approximate surface area is 102 Å². The number of hydrogen-bond donors (Lipinski definition) is 1. The molecule has 0 aromatic heterocycles. The minimum atomic E-state index is -2.93.